The second-order valence-electron chi connectivity index (χ2n) is 1.59. The molecular formula is C4H12ClNO2. The highest BCUT2D eigenvalue weighted by atomic mass is 35.5. The van der Waals surface area contributed by atoms with Crippen molar-refractivity contribution in [1.29, 1.82) is 0 Å². The molecule has 0 saturated heterocycles. The van der Waals surface area contributed by atoms with Gasteiger partial charge in [-0.05, 0) is 6.92 Å². The normalized spacial score (nSPS) is 16.5. The molecule has 0 aromatic heterocycles. The molecule has 0 aliphatic heterocycles. The number of nitrogens with two attached hydrogens (primary N) is 1. The molecule has 0 amide bonds. The van der Waals surface area contributed by atoms with Crippen LogP contribution in [-0.4, -0.2) is 29.0 Å². The Morgan fingerprint density at radius 2 is 2.00 bits per heavy atom. The van der Waals surface area contributed by atoms with Crippen molar-refractivity contribution in [2.24, 2.45) is 5.73 Å². The Morgan fingerprint density at radius 3 is 2.00 bits per heavy atom. The zero-order valence-corrected chi connectivity index (χ0v) is 5.56. The molecule has 0 bridgehead atoms. The number of hydrogen-bond donors (Lipinski definition) is 3. The predicted octanol–water partition coefficient (Wildman–Crippen LogP) is -0.891. The lowest BCUT2D eigenvalue weighted by molar-refractivity contribution is 0.123. The van der Waals surface area contributed by atoms with Crippen LogP contribution in [0.4, 0.5) is 0 Å². The molecule has 2 unspecified atom stereocenters. The van der Waals surface area contributed by atoms with E-state index in [1.807, 2.05) is 0 Å². The topological polar surface area (TPSA) is 66.5 Å². The van der Waals surface area contributed by atoms with Gasteiger partial charge in [0, 0.05) is 0 Å². The van der Waals surface area contributed by atoms with Gasteiger partial charge < -0.3 is 15.9 Å². The van der Waals surface area contributed by atoms with E-state index in [4.69, 9.17) is 15.9 Å². The first-order valence-corrected chi connectivity index (χ1v) is 2.23. The molecule has 4 N–H and O–H groups in total. The summed E-state index contributed by atoms with van der Waals surface area (Å²) >= 11 is 0. The fraction of sp³-hybridized carbons (Fsp3) is 1.00. The predicted molar refractivity (Wildman–Crippen MR) is 34.0 cm³/mol. The monoisotopic (exact) mass is 141 g/mol. The molecule has 0 heterocycles. The van der Waals surface area contributed by atoms with E-state index in [1.54, 1.807) is 6.92 Å². The minimum Gasteiger partial charge on any atom is -0.395 e. The van der Waals surface area contributed by atoms with E-state index in [0.717, 1.165) is 0 Å². The standard InChI is InChI=1S/C4H11NO2.ClH/c1-3(7)4(5)2-6;/h3-4,6-7H,2,5H2,1H3;1H. The highest BCUT2D eigenvalue weighted by molar-refractivity contribution is 5.85. The van der Waals surface area contributed by atoms with Gasteiger partial charge in [0.1, 0.15) is 0 Å². The second kappa shape index (κ2) is 5.31. The molecule has 0 radical (unpaired) electrons. The summed E-state index contributed by atoms with van der Waals surface area (Å²) in [7, 11) is 0. The third-order valence-corrected chi connectivity index (χ3v) is 0.830. The number of rotatable bonds is 2. The molecule has 8 heavy (non-hydrogen) atoms. The van der Waals surface area contributed by atoms with E-state index in [-0.39, 0.29) is 19.0 Å². The number of aliphatic hydroxyl groups is 2. The van der Waals surface area contributed by atoms with Crippen molar-refractivity contribution in [3.8, 4) is 0 Å². The van der Waals surface area contributed by atoms with Gasteiger partial charge in [-0.2, -0.15) is 0 Å². The molecule has 0 fully saturated rings. The number of halogens is 1. The van der Waals surface area contributed by atoms with Crippen LogP contribution in [-0.2, 0) is 0 Å². The van der Waals surface area contributed by atoms with E-state index in [9.17, 15) is 0 Å². The number of hydrogen-bond acceptors (Lipinski definition) is 3. The Morgan fingerprint density at radius 1 is 1.62 bits per heavy atom. The van der Waals surface area contributed by atoms with Gasteiger partial charge in [0.05, 0.1) is 18.8 Å². The van der Waals surface area contributed by atoms with Gasteiger partial charge in [-0.25, -0.2) is 0 Å². The summed E-state index contributed by atoms with van der Waals surface area (Å²) in [6, 6.07) is -0.486. The Hall–Kier alpha value is 0.170. The largest absolute Gasteiger partial charge is 0.395 e. The summed E-state index contributed by atoms with van der Waals surface area (Å²) in [4.78, 5) is 0. The Bertz CT molecular complexity index is 51.3. The van der Waals surface area contributed by atoms with Crippen LogP contribution >= 0.6 is 12.4 Å². The van der Waals surface area contributed by atoms with Crippen LogP contribution < -0.4 is 5.73 Å². The average Bonchev–Trinajstić information content (AvgIpc) is 1.65. The lowest BCUT2D eigenvalue weighted by Gasteiger charge is -2.08. The summed E-state index contributed by atoms with van der Waals surface area (Å²) < 4.78 is 0. The highest BCUT2D eigenvalue weighted by Crippen LogP contribution is 1.83. The maximum absolute atomic E-state index is 8.54. The van der Waals surface area contributed by atoms with E-state index < -0.39 is 12.1 Å². The number of aliphatic hydroxyl groups excluding tert-OH is 2. The molecule has 2 atom stereocenters. The van der Waals surface area contributed by atoms with Gasteiger partial charge in [0.15, 0.2) is 0 Å². The Kier molecular flexibility index (Phi) is 7.32. The van der Waals surface area contributed by atoms with Crippen molar-refractivity contribution < 1.29 is 10.2 Å². The molecule has 0 spiro atoms. The van der Waals surface area contributed by atoms with E-state index >= 15 is 0 Å². The Labute approximate surface area is 54.9 Å². The smallest absolute Gasteiger partial charge is 0.0685 e. The summed E-state index contributed by atoms with van der Waals surface area (Å²) in [5, 5.41) is 16.8. The first-order chi connectivity index (χ1) is 3.18. The lowest BCUT2D eigenvalue weighted by Crippen LogP contribution is -2.35. The molecule has 3 nitrogen and oxygen atoms in total. The molecule has 0 aliphatic rings. The van der Waals surface area contributed by atoms with Crippen LogP contribution in [0, 0.1) is 0 Å². The third-order valence-electron chi connectivity index (χ3n) is 0.830. The molecule has 4 heteroatoms. The first kappa shape index (κ1) is 11.0. The highest BCUT2D eigenvalue weighted by Gasteiger charge is 2.04. The molecule has 0 saturated carbocycles. The average molecular weight is 142 g/mol. The fourth-order valence-corrected chi connectivity index (χ4v) is 0.153. The van der Waals surface area contributed by atoms with Gasteiger partial charge in [0.2, 0.25) is 0 Å². The van der Waals surface area contributed by atoms with Crippen molar-refractivity contribution in [2.75, 3.05) is 6.61 Å². The van der Waals surface area contributed by atoms with Gasteiger partial charge in [0.25, 0.3) is 0 Å². The maximum Gasteiger partial charge on any atom is 0.0685 e. The Balaban J connectivity index is 0. The summed E-state index contributed by atoms with van der Waals surface area (Å²) in [6.45, 7) is 1.39. The summed E-state index contributed by atoms with van der Waals surface area (Å²) in [5.74, 6) is 0. The first-order valence-electron chi connectivity index (χ1n) is 2.23. The van der Waals surface area contributed by atoms with Crippen LogP contribution in [0.2, 0.25) is 0 Å². The molecule has 0 rings (SSSR count). The summed E-state index contributed by atoms with van der Waals surface area (Å²) in [6.07, 6.45) is -0.606. The van der Waals surface area contributed by atoms with Crippen molar-refractivity contribution >= 4 is 12.4 Å². The molecule has 0 aliphatic carbocycles. The second-order valence-corrected chi connectivity index (χ2v) is 1.59. The molecule has 52 valence electrons. The maximum atomic E-state index is 8.54. The summed E-state index contributed by atoms with van der Waals surface area (Å²) in [5.41, 5.74) is 5.12. The molecular weight excluding hydrogens is 130 g/mol. The minimum absolute atomic E-state index is 0. The van der Waals surface area contributed by atoms with Crippen LogP contribution in [0.15, 0.2) is 0 Å². The van der Waals surface area contributed by atoms with E-state index in [0.29, 0.717) is 0 Å². The zero-order chi connectivity index (χ0) is 5.86. The fourth-order valence-electron chi connectivity index (χ4n) is 0.153. The van der Waals surface area contributed by atoms with Gasteiger partial charge >= 0.3 is 0 Å². The van der Waals surface area contributed by atoms with Crippen molar-refractivity contribution in [2.45, 2.75) is 19.1 Å². The lowest BCUT2D eigenvalue weighted by atomic mass is 10.2. The van der Waals surface area contributed by atoms with Crippen molar-refractivity contribution in [1.82, 2.24) is 0 Å². The molecule has 0 aromatic rings. The van der Waals surface area contributed by atoms with E-state index in [2.05, 4.69) is 0 Å². The van der Waals surface area contributed by atoms with Crippen LogP contribution in [0.5, 0.6) is 0 Å². The van der Waals surface area contributed by atoms with Crippen LogP contribution in [0.25, 0.3) is 0 Å². The quantitative estimate of drug-likeness (QED) is 0.468. The minimum atomic E-state index is -0.606. The zero-order valence-electron chi connectivity index (χ0n) is 4.74. The van der Waals surface area contributed by atoms with Gasteiger partial charge in [-0.1, -0.05) is 0 Å². The molecule has 0 aromatic carbocycles. The van der Waals surface area contributed by atoms with Gasteiger partial charge in [-0.15, -0.1) is 12.4 Å². The van der Waals surface area contributed by atoms with Crippen LogP contribution in [0.1, 0.15) is 6.92 Å². The van der Waals surface area contributed by atoms with E-state index in [1.165, 1.54) is 0 Å². The SMILES string of the molecule is CC(O)C(N)CO.Cl. The van der Waals surface area contributed by atoms with Crippen molar-refractivity contribution in [3.63, 3.8) is 0 Å². The third kappa shape index (κ3) is 4.33. The van der Waals surface area contributed by atoms with Crippen molar-refractivity contribution in [3.05, 3.63) is 0 Å². The van der Waals surface area contributed by atoms with Crippen LogP contribution in [0.3, 0.4) is 0 Å². The van der Waals surface area contributed by atoms with Gasteiger partial charge in [-0.3, -0.25) is 0 Å².